The predicted molar refractivity (Wildman–Crippen MR) is 49.0 cm³/mol. The van der Waals surface area contributed by atoms with Crippen LogP contribution in [0.2, 0.25) is 0 Å². The molecule has 0 aliphatic carbocycles. The van der Waals surface area contributed by atoms with Gasteiger partial charge in [-0.3, -0.25) is 0 Å². The van der Waals surface area contributed by atoms with E-state index < -0.39 is 18.7 Å². The molecule has 0 amide bonds. The lowest BCUT2D eigenvalue weighted by Crippen LogP contribution is -2.30. The van der Waals surface area contributed by atoms with Gasteiger partial charge in [0.05, 0.1) is 6.10 Å². The standard InChI is InChI=1S/C9H18F3NO/c1-7(2)5-13-6-8(14)3-4-9(10,11)12/h7-8,13-14H,3-6H2,1-2H3. The van der Waals surface area contributed by atoms with Crippen molar-refractivity contribution < 1.29 is 18.3 Å². The van der Waals surface area contributed by atoms with Crippen LogP contribution in [0.15, 0.2) is 0 Å². The third-order valence-electron chi connectivity index (χ3n) is 1.69. The Labute approximate surface area is 82.5 Å². The van der Waals surface area contributed by atoms with Crippen LogP contribution in [-0.2, 0) is 0 Å². The maximum atomic E-state index is 11.7. The van der Waals surface area contributed by atoms with Crippen molar-refractivity contribution in [2.24, 2.45) is 5.92 Å². The quantitative estimate of drug-likeness (QED) is 0.706. The average molecular weight is 213 g/mol. The van der Waals surface area contributed by atoms with E-state index in [0.29, 0.717) is 12.5 Å². The first-order valence-electron chi connectivity index (χ1n) is 4.77. The van der Waals surface area contributed by atoms with E-state index in [2.05, 4.69) is 5.32 Å². The van der Waals surface area contributed by atoms with Crippen LogP contribution in [-0.4, -0.2) is 30.5 Å². The predicted octanol–water partition coefficient (Wildman–Crippen LogP) is 1.94. The Balaban J connectivity index is 3.42. The molecule has 2 N–H and O–H groups in total. The van der Waals surface area contributed by atoms with Gasteiger partial charge in [-0.25, -0.2) is 0 Å². The number of halogens is 3. The molecule has 0 aliphatic rings. The lowest BCUT2D eigenvalue weighted by molar-refractivity contribution is -0.139. The van der Waals surface area contributed by atoms with Crippen LogP contribution in [0.1, 0.15) is 26.7 Å². The normalized spacial score (nSPS) is 14.8. The Hall–Kier alpha value is -0.290. The molecule has 86 valence electrons. The van der Waals surface area contributed by atoms with E-state index in [1.165, 1.54) is 0 Å². The topological polar surface area (TPSA) is 32.3 Å². The molecule has 1 atom stereocenters. The Bertz CT molecular complexity index is 147. The minimum absolute atomic E-state index is 0.228. The molecule has 2 nitrogen and oxygen atoms in total. The van der Waals surface area contributed by atoms with Gasteiger partial charge in [0.15, 0.2) is 0 Å². The van der Waals surface area contributed by atoms with Gasteiger partial charge in [0.25, 0.3) is 0 Å². The second kappa shape index (κ2) is 6.24. The summed E-state index contributed by atoms with van der Waals surface area (Å²) in [6.45, 7) is 4.93. The fourth-order valence-corrected chi connectivity index (χ4v) is 0.971. The summed E-state index contributed by atoms with van der Waals surface area (Å²) in [6, 6.07) is 0. The molecule has 0 fully saturated rings. The largest absolute Gasteiger partial charge is 0.392 e. The van der Waals surface area contributed by atoms with Crippen LogP contribution in [0.25, 0.3) is 0 Å². The number of aliphatic hydroxyl groups is 1. The second-order valence-electron chi connectivity index (χ2n) is 3.86. The molecule has 0 aromatic carbocycles. The number of aliphatic hydroxyl groups excluding tert-OH is 1. The van der Waals surface area contributed by atoms with Crippen molar-refractivity contribution in [1.29, 1.82) is 0 Å². The van der Waals surface area contributed by atoms with Gasteiger partial charge < -0.3 is 10.4 Å². The SMILES string of the molecule is CC(C)CNCC(O)CCC(F)(F)F. The molecule has 0 aromatic rings. The van der Waals surface area contributed by atoms with E-state index in [0.717, 1.165) is 0 Å². The van der Waals surface area contributed by atoms with Gasteiger partial charge in [0, 0.05) is 13.0 Å². The van der Waals surface area contributed by atoms with Crippen molar-refractivity contribution in [2.45, 2.75) is 39.0 Å². The van der Waals surface area contributed by atoms with E-state index in [-0.39, 0.29) is 13.0 Å². The van der Waals surface area contributed by atoms with Gasteiger partial charge in [-0.15, -0.1) is 0 Å². The van der Waals surface area contributed by atoms with Crippen molar-refractivity contribution in [1.82, 2.24) is 5.32 Å². The van der Waals surface area contributed by atoms with E-state index in [9.17, 15) is 13.2 Å². The number of alkyl halides is 3. The Morgan fingerprint density at radius 1 is 1.21 bits per heavy atom. The van der Waals surface area contributed by atoms with Crippen LogP contribution >= 0.6 is 0 Å². The summed E-state index contributed by atoms with van der Waals surface area (Å²) in [6.07, 6.45) is -6.22. The minimum atomic E-state index is -4.17. The van der Waals surface area contributed by atoms with E-state index in [4.69, 9.17) is 5.11 Å². The summed E-state index contributed by atoms with van der Waals surface area (Å²) in [5.41, 5.74) is 0. The molecule has 14 heavy (non-hydrogen) atoms. The monoisotopic (exact) mass is 213 g/mol. The van der Waals surface area contributed by atoms with Crippen molar-refractivity contribution in [3.63, 3.8) is 0 Å². The summed E-state index contributed by atoms with van der Waals surface area (Å²) in [5.74, 6) is 0.435. The molecular formula is C9H18F3NO. The Morgan fingerprint density at radius 3 is 2.21 bits per heavy atom. The molecular weight excluding hydrogens is 195 g/mol. The van der Waals surface area contributed by atoms with Crippen LogP contribution in [0, 0.1) is 5.92 Å². The summed E-state index contributed by atoms with van der Waals surface area (Å²) in [7, 11) is 0. The molecule has 0 radical (unpaired) electrons. The average Bonchev–Trinajstić information content (AvgIpc) is 1.99. The van der Waals surface area contributed by atoms with Gasteiger partial charge in [-0.05, 0) is 18.9 Å². The number of rotatable bonds is 6. The van der Waals surface area contributed by atoms with Crippen molar-refractivity contribution in [3.8, 4) is 0 Å². The molecule has 0 saturated heterocycles. The highest BCUT2D eigenvalue weighted by Gasteiger charge is 2.27. The van der Waals surface area contributed by atoms with Crippen molar-refractivity contribution >= 4 is 0 Å². The third kappa shape index (κ3) is 9.80. The molecule has 0 saturated carbocycles. The number of nitrogens with one attached hydrogen (secondary N) is 1. The number of hydrogen-bond acceptors (Lipinski definition) is 2. The molecule has 0 aromatic heterocycles. The molecule has 0 heterocycles. The third-order valence-corrected chi connectivity index (χ3v) is 1.69. The summed E-state index contributed by atoms with van der Waals surface area (Å²) in [5, 5.41) is 12.1. The van der Waals surface area contributed by atoms with Crippen LogP contribution in [0.4, 0.5) is 13.2 Å². The molecule has 0 aliphatic heterocycles. The fourth-order valence-electron chi connectivity index (χ4n) is 0.971. The van der Waals surface area contributed by atoms with Gasteiger partial charge >= 0.3 is 6.18 Å². The van der Waals surface area contributed by atoms with Crippen LogP contribution in [0.3, 0.4) is 0 Å². The first-order valence-corrected chi connectivity index (χ1v) is 4.77. The zero-order chi connectivity index (χ0) is 11.2. The lowest BCUT2D eigenvalue weighted by Gasteiger charge is -2.14. The van der Waals surface area contributed by atoms with Gasteiger partial charge in [0.2, 0.25) is 0 Å². The molecule has 5 heteroatoms. The highest BCUT2D eigenvalue weighted by molar-refractivity contribution is 4.63. The second-order valence-corrected chi connectivity index (χ2v) is 3.86. The lowest BCUT2D eigenvalue weighted by atomic mass is 10.2. The van der Waals surface area contributed by atoms with Crippen molar-refractivity contribution in [3.05, 3.63) is 0 Å². The zero-order valence-corrected chi connectivity index (χ0v) is 8.56. The Kier molecular flexibility index (Phi) is 6.11. The molecule has 0 spiro atoms. The molecule has 1 unspecified atom stereocenters. The summed E-state index contributed by atoms with van der Waals surface area (Å²) in [4.78, 5) is 0. The van der Waals surface area contributed by atoms with E-state index >= 15 is 0 Å². The summed E-state index contributed by atoms with van der Waals surface area (Å²) < 4.78 is 35.2. The first kappa shape index (κ1) is 13.7. The van der Waals surface area contributed by atoms with E-state index in [1.807, 2.05) is 13.8 Å². The smallest absolute Gasteiger partial charge is 0.389 e. The zero-order valence-electron chi connectivity index (χ0n) is 8.56. The maximum Gasteiger partial charge on any atom is 0.389 e. The van der Waals surface area contributed by atoms with Crippen LogP contribution in [0.5, 0.6) is 0 Å². The highest BCUT2D eigenvalue weighted by atomic mass is 19.4. The maximum absolute atomic E-state index is 11.7. The first-order chi connectivity index (χ1) is 6.31. The highest BCUT2D eigenvalue weighted by Crippen LogP contribution is 2.21. The minimum Gasteiger partial charge on any atom is -0.392 e. The number of hydrogen-bond donors (Lipinski definition) is 2. The molecule has 0 rings (SSSR count). The van der Waals surface area contributed by atoms with E-state index in [1.54, 1.807) is 0 Å². The van der Waals surface area contributed by atoms with Gasteiger partial charge in [-0.2, -0.15) is 13.2 Å². The molecule has 0 bridgehead atoms. The van der Waals surface area contributed by atoms with Gasteiger partial charge in [-0.1, -0.05) is 13.8 Å². The fraction of sp³-hybridized carbons (Fsp3) is 1.00. The van der Waals surface area contributed by atoms with Gasteiger partial charge in [0.1, 0.15) is 0 Å². The van der Waals surface area contributed by atoms with Crippen molar-refractivity contribution in [2.75, 3.05) is 13.1 Å². The summed E-state index contributed by atoms with van der Waals surface area (Å²) >= 11 is 0. The van der Waals surface area contributed by atoms with Crippen LogP contribution < -0.4 is 5.32 Å². The Morgan fingerprint density at radius 2 is 1.79 bits per heavy atom.